The molecule has 4 aromatic carbocycles. The van der Waals surface area contributed by atoms with Crippen LogP contribution in [0.2, 0.25) is 0 Å². The number of hydrogen-bond acceptors (Lipinski definition) is 0. The highest BCUT2D eigenvalue weighted by Crippen LogP contribution is 2.37. The van der Waals surface area contributed by atoms with E-state index in [1.165, 1.54) is 44.2 Å². The van der Waals surface area contributed by atoms with Crippen LogP contribution in [0.3, 0.4) is 0 Å². The molecule has 0 saturated carbocycles. The predicted molar refractivity (Wildman–Crippen MR) is 104 cm³/mol. The Bertz CT molecular complexity index is 996. The smallest absolute Gasteiger partial charge is 0.00989 e. The summed E-state index contributed by atoms with van der Waals surface area (Å²) < 4.78 is 0. The van der Waals surface area contributed by atoms with Gasteiger partial charge in [0.05, 0.1) is 0 Å². The number of aryl methyl sites for hydroxylation is 2. The average molecular weight is 308 g/mol. The molecule has 0 amide bonds. The average Bonchev–Trinajstić information content (AvgIpc) is 2.63. The Hall–Kier alpha value is -2.86. The summed E-state index contributed by atoms with van der Waals surface area (Å²) >= 11 is 0. The van der Waals surface area contributed by atoms with Crippen LogP contribution >= 0.6 is 0 Å². The lowest BCUT2D eigenvalue weighted by Crippen LogP contribution is -1.91. The topological polar surface area (TPSA) is 0 Å². The summed E-state index contributed by atoms with van der Waals surface area (Å²) in [6.07, 6.45) is 0. The van der Waals surface area contributed by atoms with Gasteiger partial charge in [-0.2, -0.15) is 0 Å². The Morgan fingerprint density at radius 3 is 1.71 bits per heavy atom. The van der Waals surface area contributed by atoms with Gasteiger partial charge in [-0.1, -0.05) is 84.4 Å². The number of rotatable bonds is 2. The van der Waals surface area contributed by atoms with Crippen LogP contribution in [0.4, 0.5) is 0 Å². The van der Waals surface area contributed by atoms with E-state index in [4.69, 9.17) is 0 Å². The molecule has 0 bridgehead atoms. The van der Waals surface area contributed by atoms with Crippen molar-refractivity contribution in [3.8, 4) is 22.3 Å². The van der Waals surface area contributed by atoms with Gasteiger partial charge in [0.25, 0.3) is 0 Å². The molecule has 0 nitrogen and oxygen atoms in total. The van der Waals surface area contributed by atoms with Crippen molar-refractivity contribution in [2.75, 3.05) is 0 Å². The zero-order chi connectivity index (χ0) is 16.5. The van der Waals surface area contributed by atoms with Gasteiger partial charge in [-0.05, 0) is 58.5 Å². The lowest BCUT2D eigenvalue weighted by Gasteiger charge is -2.16. The third-order valence-electron chi connectivity index (χ3n) is 4.73. The van der Waals surface area contributed by atoms with Crippen molar-refractivity contribution in [2.45, 2.75) is 13.8 Å². The van der Waals surface area contributed by atoms with Crippen molar-refractivity contribution >= 4 is 10.8 Å². The van der Waals surface area contributed by atoms with Gasteiger partial charge in [0.2, 0.25) is 0 Å². The summed E-state index contributed by atoms with van der Waals surface area (Å²) in [6.45, 7) is 4.39. The zero-order valence-corrected chi connectivity index (χ0v) is 14.1. The predicted octanol–water partition coefficient (Wildman–Crippen LogP) is 6.79. The molecule has 0 N–H and O–H groups in total. The summed E-state index contributed by atoms with van der Waals surface area (Å²) in [5, 5.41) is 2.67. The minimum absolute atomic E-state index is 1.27. The molecular formula is C24H20. The third-order valence-corrected chi connectivity index (χ3v) is 4.73. The van der Waals surface area contributed by atoms with Gasteiger partial charge in [-0.15, -0.1) is 0 Å². The number of hydrogen-bond donors (Lipinski definition) is 0. The minimum atomic E-state index is 1.27. The molecule has 0 aliphatic carbocycles. The van der Waals surface area contributed by atoms with Gasteiger partial charge >= 0.3 is 0 Å². The lowest BCUT2D eigenvalue weighted by atomic mass is 9.88. The number of fused-ring (bicyclic) bond motifs is 1. The molecule has 116 valence electrons. The molecule has 0 fully saturated rings. The van der Waals surface area contributed by atoms with Crippen molar-refractivity contribution in [3.63, 3.8) is 0 Å². The van der Waals surface area contributed by atoms with Crippen LogP contribution in [0.1, 0.15) is 11.1 Å². The largest absolute Gasteiger partial charge is 0.0622 e. The Labute approximate surface area is 143 Å². The second-order valence-corrected chi connectivity index (χ2v) is 6.38. The molecule has 0 aliphatic rings. The second kappa shape index (κ2) is 5.98. The first-order chi connectivity index (χ1) is 11.7. The summed E-state index contributed by atoms with van der Waals surface area (Å²) in [4.78, 5) is 0. The van der Waals surface area contributed by atoms with E-state index in [2.05, 4.69) is 98.8 Å². The highest BCUT2D eigenvalue weighted by molar-refractivity contribution is 6.02. The van der Waals surface area contributed by atoms with E-state index in [1.807, 2.05) is 0 Å². The normalized spacial score (nSPS) is 10.9. The Morgan fingerprint density at radius 2 is 1.08 bits per heavy atom. The van der Waals surface area contributed by atoms with E-state index in [0.29, 0.717) is 0 Å². The van der Waals surface area contributed by atoms with Crippen LogP contribution in [-0.4, -0.2) is 0 Å². The van der Waals surface area contributed by atoms with Crippen LogP contribution < -0.4 is 0 Å². The van der Waals surface area contributed by atoms with Crippen molar-refractivity contribution in [2.24, 2.45) is 0 Å². The van der Waals surface area contributed by atoms with Gasteiger partial charge in [0, 0.05) is 0 Å². The Balaban J connectivity index is 2.10. The Kier molecular flexibility index (Phi) is 3.66. The van der Waals surface area contributed by atoms with Gasteiger partial charge < -0.3 is 0 Å². The Morgan fingerprint density at radius 1 is 0.500 bits per heavy atom. The van der Waals surface area contributed by atoms with Crippen LogP contribution in [-0.2, 0) is 0 Å². The summed E-state index contributed by atoms with van der Waals surface area (Å²) in [6, 6.07) is 30.5. The van der Waals surface area contributed by atoms with Crippen LogP contribution in [0.25, 0.3) is 33.0 Å². The maximum Gasteiger partial charge on any atom is -0.00989 e. The molecule has 4 aromatic rings. The summed E-state index contributed by atoms with van der Waals surface area (Å²) in [5.74, 6) is 0. The van der Waals surface area contributed by atoms with E-state index in [1.54, 1.807) is 0 Å². The zero-order valence-electron chi connectivity index (χ0n) is 14.1. The van der Waals surface area contributed by atoms with Crippen LogP contribution in [0, 0.1) is 13.8 Å². The van der Waals surface area contributed by atoms with Gasteiger partial charge in [0.15, 0.2) is 0 Å². The standard InChI is InChI=1S/C24H20/c1-17-13-14-21-18(2)22(19-9-5-3-6-10-19)16-23(24(21)15-17)20-11-7-4-8-12-20/h3-16H,1-2H3. The fourth-order valence-electron chi connectivity index (χ4n) is 3.46. The van der Waals surface area contributed by atoms with Gasteiger partial charge in [-0.25, -0.2) is 0 Å². The molecule has 0 heteroatoms. The maximum atomic E-state index is 2.35. The summed E-state index contributed by atoms with van der Waals surface area (Å²) in [7, 11) is 0. The molecule has 0 atom stereocenters. The van der Waals surface area contributed by atoms with Crippen LogP contribution in [0.5, 0.6) is 0 Å². The highest BCUT2D eigenvalue weighted by atomic mass is 14.2. The van der Waals surface area contributed by atoms with E-state index in [9.17, 15) is 0 Å². The minimum Gasteiger partial charge on any atom is -0.0622 e. The van der Waals surface area contributed by atoms with Crippen molar-refractivity contribution in [1.82, 2.24) is 0 Å². The lowest BCUT2D eigenvalue weighted by molar-refractivity contribution is 1.46. The van der Waals surface area contributed by atoms with E-state index in [0.717, 1.165) is 0 Å². The molecule has 0 aromatic heterocycles. The third kappa shape index (κ3) is 2.51. The fourth-order valence-corrected chi connectivity index (χ4v) is 3.46. The monoisotopic (exact) mass is 308 g/mol. The maximum absolute atomic E-state index is 2.35. The molecular weight excluding hydrogens is 288 g/mol. The molecule has 4 rings (SSSR count). The van der Waals surface area contributed by atoms with Crippen molar-refractivity contribution < 1.29 is 0 Å². The van der Waals surface area contributed by atoms with E-state index in [-0.39, 0.29) is 0 Å². The van der Waals surface area contributed by atoms with Crippen molar-refractivity contribution in [3.05, 3.63) is 96.1 Å². The molecule has 0 spiro atoms. The summed E-state index contributed by atoms with van der Waals surface area (Å²) in [5.41, 5.74) is 7.80. The first-order valence-electron chi connectivity index (χ1n) is 8.39. The van der Waals surface area contributed by atoms with Gasteiger partial charge in [0.1, 0.15) is 0 Å². The van der Waals surface area contributed by atoms with Crippen LogP contribution in [0.15, 0.2) is 84.9 Å². The van der Waals surface area contributed by atoms with Crippen molar-refractivity contribution in [1.29, 1.82) is 0 Å². The quantitative estimate of drug-likeness (QED) is 0.382. The van der Waals surface area contributed by atoms with E-state index >= 15 is 0 Å². The van der Waals surface area contributed by atoms with E-state index < -0.39 is 0 Å². The molecule has 0 unspecified atom stereocenters. The second-order valence-electron chi connectivity index (χ2n) is 6.38. The molecule has 0 saturated heterocycles. The first kappa shape index (κ1) is 14.7. The molecule has 0 heterocycles. The number of benzene rings is 4. The SMILES string of the molecule is Cc1ccc2c(C)c(-c3ccccc3)cc(-c3ccccc3)c2c1. The molecule has 24 heavy (non-hydrogen) atoms. The molecule has 0 radical (unpaired) electrons. The first-order valence-corrected chi connectivity index (χ1v) is 8.39. The van der Waals surface area contributed by atoms with Gasteiger partial charge in [-0.3, -0.25) is 0 Å². The highest BCUT2D eigenvalue weighted by Gasteiger charge is 2.12. The molecule has 0 aliphatic heterocycles. The fraction of sp³-hybridized carbons (Fsp3) is 0.0833.